The van der Waals surface area contributed by atoms with Gasteiger partial charge in [0.05, 0.1) is 0 Å². The second kappa shape index (κ2) is 7.55. The van der Waals surface area contributed by atoms with Gasteiger partial charge in [0, 0.05) is 24.9 Å². The summed E-state index contributed by atoms with van der Waals surface area (Å²) in [6.07, 6.45) is 1.26. The van der Waals surface area contributed by atoms with Crippen LogP contribution in [0.25, 0.3) is 0 Å². The van der Waals surface area contributed by atoms with Crippen molar-refractivity contribution in [3.8, 4) is 0 Å². The number of nitrogens with one attached hydrogen (secondary N) is 1. The second-order valence-electron chi connectivity index (χ2n) is 2.86. The van der Waals surface area contributed by atoms with Gasteiger partial charge in [-0.15, -0.1) is 0 Å². The van der Waals surface area contributed by atoms with Crippen molar-refractivity contribution in [2.45, 2.75) is 19.8 Å². The molecule has 0 aromatic heterocycles. The van der Waals surface area contributed by atoms with Crippen LogP contribution in [-0.2, 0) is 4.79 Å². The molecule has 0 fully saturated rings. The summed E-state index contributed by atoms with van der Waals surface area (Å²) in [7, 11) is 0. The van der Waals surface area contributed by atoms with E-state index < -0.39 is 0 Å². The Morgan fingerprint density at radius 2 is 2.33 bits per heavy atom. The molecule has 0 aliphatic carbocycles. The zero-order valence-corrected chi connectivity index (χ0v) is 8.93. The molecule has 0 heterocycles. The van der Waals surface area contributed by atoms with Gasteiger partial charge in [-0.05, 0) is 12.3 Å². The maximum atomic E-state index is 10.9. The first-order valence-electron chi connectivity index (χ1n) is 4.14. The predicted molar refractivity (Wildman–Crippen MR) is 52.3 cm³/mol. The molecule has 1 amide bonds. The highest BCUT2D eigenvalue weighted by Crippen LogP contribution is 1.98. The number of hydrogen-bond acceptors (Lipinski definition) is 2. The molecular formula is C8H16BrNO2. The lowest BCUT2D eigenvalue weighted by atomic mass is 10.1. The first-order valence-corrected chi connectivity index (χ1v) is 5.26. The molecule has 0 radical (unpaired) electrons. The van der Waals surface area contributed by atoms with Crippen LogP contribution in [0.3, 0.4) is 0 Å². The molecule has 0 aliphatic heterocycles. The largest absolute Gasteiger partial charge is 0.396 e. The van der Waals surface area contributed by atoms with Crippen molar-refractivity contribution >= 4 is 21.8 Å². The van der Waals surface area contributed by atoms with E-state index in [2.05, 4.69) is 21.2 Å². The van der Waals surface area contributed by atoms with Crippen molar-refractivity contribution < 1.29 is 9.90 Å². The summed E-state index contributed by atoms with van der Waals surface area (Å²) in [5, 5.41) is 12.1. The SMILES string of the molecule is CC(CCO)CNC(=O)CCBr. The van der Waals surface area contributed by atoms with E-state index in [9.17, 15) is 4.79 Å². The van der Waals surface area contributed by atoms with Gasteiger partial charge in [0.15, 0.2) is 0 Å². The summed E-state index contributed by atoms with van der Waals surface area (Å²) in [6.45, 7) is 2.85. The Labute approximate surface area is 81.7 Å². The average Bonchev–Trinajstić information content (AvgIpc) is 2.02. The summed E-state index contributed by atoms with van der Waals surface area (Å²) in [5.74, 6) is 0.422. The van der Waals surface area contributed by atoms with E-state index in [1.807, 2.05) is 6.92 Å². The van der Waals surface area contributed by atoms with Crippen LogP contribution in [-0.4, -0.2) is 29.5 Å². The molecule has 12 heavy (non-hydrogen) atoms. The fourth-order valence-electron chi connectivity index (χ4n) is 0.785. The van der Waals surface area contributed by atoms with Crippen LogP contribution in [0.2, 0.25) is 0 Å². The Morgan fingerprint density at radius 3 is 2.83 bits per heavy atom. The van der Waals surface area contributed by atoms with Crippen LogP contribution >= 0.6 is 15.9 Å². The molecule has 0 saturated heterocycles. The molecular weight excluding hydrogens is 222 g/mol. The number of aliphatic hydroxyl groups is 1. The zero-order valence-electron chi connectivity index (χ0n) is 7.35. The second-order valence-corrected chi connectivity index (χ2v) is 3.65. The van der Waals surface area contributed by atoms with Gasteiger partial charge < -0.3 is 10.4 Å². The van der Waals surface area contributed by atoms with E-state index in [1.165, 1.54) is 0 Å². The molecule has 0 aromatic carbocycles. The van der Waals surface area contributed by atoms with Gasteiger partial charge in [0.25, 0.3) is 0 Å². The highest BCUT2D eigenvalue weighted by Gasteiger charge is 2.03. The van der Waals surface area contributed by atoms with Crippen molar-refractivity contribution in [1.29, 1.82) is 0 Å². The smallest absolute Gasteiger partial charge is 0.220 e. The van der Waals surface area contributed by atoms with Gasteiger partial charge in [-0.25, -0.2) is 0 Å². The molecule has 0 aliphatic rings. The molecule has 1 atom stereocenters. The number of amides is 1. The molecule has 0 saturated carbocycles. The van der Waals surface area contributed by atoms with Gasteiger partial charge >= 0.3 is 0 Å². The fourth-order valence-corrected chi connectivity index (χ4v) is 1.14. The fraction of sp³-hybridized carbons (Fsp3) is 0.875. The lowest BCUT2D eigenvalue weighted by Crippen LogP contribution is -2.28. The normalized spacial score (nSPS) is 12.6. The van der Waals surface area contributed by atoms with Crippen molar-refractivity contribution in [3.05, 3.63) is 0 Å². The van der Waals surface area contributed by atoms with E-state index in [0.29, 0.717) is 24.2 Å². The maximum Gasteiger partial charge on any atom is 0.220 e. The van der Waals surface area contributed by atoms with Gasteiger partial charge in [0.2, 0.25) is 5.91 Å². The lowest BCUT2D eigenvalue weighted by molar-refractivity contribution is -0.120. The molecule has 3 nitrogen and oxygen atoms in total. The van der Waals surface area contributed by atoms with Crippen LogP contribution in [0.5, 0.6) is 0 Å². The number of hydrogen-bond donors (Lipinski definition) is 2. The van der Waals surface area contributed by atoms with Crippen LogP contribution < -0.4 is 5.32 Å². The van der Waals surface area contributed by atoms with E-state index in [4.69, 9.17) is 5.11 Å². The van der Waals surface area contributed by atoms with Crippen molar-refractivity contribution in [2.75, 3.05) is 18.5 Å². The Morgan fingerprint density at radius 1 is 1.67 bits per heavy atom. The van der Waals surface area contributed by atoms with Crippen LogP contribution in [0, 0.1) is 5.92 Å². The minimum absolute atomic E-state index is 0.0664. The van der Waals surface area contributed by atoms with Gasteiger partial charge in [-0.1, -0.05) is 22.9 Å². The topological polar surface area (TPSA) is 49.3 Å². The number of carbonyl (C=O) groups excluding carboxylic acids is 1. The summed E-state index contributed by atoms with van der Waals surface area (Å²) in [6, 6.07) is 0. The summed E-state index contributed by atoms with van der Waals surface area (Å²) >= 11 is 3.19. The van der Waals surface area contributed by atoms with Gasteiger partial charge in [-0.2, -0.15) is 0 Å². The van der Waals surface area contributed by atoms with Crippen molar-refractivity contribution in [1.82, 2.24) is 5.32 Å². The average molecular weight is 238 g/mol. The first-order chi connectivity index (χ1) is 5.70. The molecule has 0 rings (SSSR count). The highest BCUT2D eigenvalue weighted by atomic mass is 79.9. The predicted octanol–water partition coefficient (Wildman–Crippen LogP) is 0.906. The number of rotatable bonds is 6. The Hall–Kier alpha value is -0.0900. The molecule has 4 heteroatoms. The minimum atomic E-state index is 0.0664. The van der Waals surface area contributed by atoms with E-state index in [-0.39, 0.29) is 12.5 Å². The molecule has 0 bridgehead atoms. The third-order valence-electron chi connectivity index (χ3n) is 1.59. The third kappa shape index (κ3) is 6.61. The Bertz CT molecular complexity index is 130. The summed E-state index contributed by atoms with van der Waals surface area (Å²) in [4.78, 5) is 10.9. The number of aliphatic hydroxyl groups excluding tert-OH is 1. The molecule has 0 aromatic rings. The Kier molecular flexibility index (Phi) is 7.50. The Balaban J connectivity index is 3.33. The van der Waals surface area contributed by atoms with Crippen LogP contribution in [0.4, 0.5) is 0 Å². The number of alkyl halides is 1. The van der Waals surface area contributed by atoms with E-state index in [0.717, 1.165) is 6.42 Å². The zero-order chi connectivity index (χ0) is 9.40. The van der Waals surface area contributed by atoms with Crippen molar-refractivity contribution in [3.63, 3.8) is 0 Å². The van der Waals surface area contributed by atoms with Crippen LogP contribution in [0.15, 0.2) is 0 Å². The molecule has 0 spiro atoms. The number of carbonyl (C=O) groups is 1. The quantitative estimate of drug-likeness (QED) is 0.675. The van der Waals surface area contributed by atoms with E-state index >= 15 is 0 Å². The van der Waals surface area contributed by atoms with Gasteiger partial charge in [0.1, 0.15) is 0 Å². The standard InChI is InChI=1S/C8H16BrNO2/c1-7(3-5-11)6-10-8(12)2-4-9/h7,11H,2-6H2,1H3,(H,10,12). The summed E-state index contributed by atoms with van der Waals surface area (Å²) < 4.78 is 0. The van der Waals surface area contributed by atoms with Crippen LogP contribution in [0.1, 0.15) is 19.8 Å². The molecule has 72 valence electrons. The highest BCUT2D eigenvalue weighted by molar-refractivity contribution is 9.09. The van der Waals surface area contributed by atoms with Crippen molar-refractivity contribution in [2.24, 2.45) is 5.92 Å². The number of halogens is 1. The maximum absolute atomic E-state index is 10.9. The third-order valence-corrected chi connectivity index (χ3v) is 1.99. The minimum Gasteiger partial charge on any atom is -0.396 e. The molecule has 1 unspecified atom stereocenters. The van der Waals surface area contributed by atoms with Gasteiger partial charge in [-0.3, -0.25) is 4.79 Å². The monoisotopic (exact) mass is 237 g/mol. The first kappa shape index (κ1) is 11.9. The summed E-state index contributed by atoms with van der Waals surface area (Å²) in [5.41, 5.74) is 0. The molecule has 2 N–H and O–H groups in total. The van der Waals surface area contributed by atoms with E-state index in [1.54, 1.807) is 0 Å². The lowest BCUT2D eigenvalue weighted by Gasteiger charge is -2.10.